The number of hydrogen-bond acceptors (Lipinski definition) is 15. The largest absolute Gasteiger partial charge is 0.465 e. The van der Waals surface area contributed by atoms with E-state index in [9.17, 15) is 28.8 Å². The molecule has 0 fully saturated rings. The average Bonchev–Trinajstić information content (AvgIpc) is 2.84. The molecule has 15 heteroatoms. The van der Waals surface area contributed by atoms with Crippen LogP contribution in [0.5, 0.6) is 0 Å². The van der Waals surface area contributed by atoms with Gasteiger partial charge in [-0.3, -0.25) is 28.8 Å². The molecule has 0 bridgehead atoms. The number of nitrogens with zero attached hydrogens (tertiary/aromatic N) is 6. The quantitative estimate of drug-likeness (QED) is 0.132. The first-order chi connectivity index (χ1) is 18.4. The van der Waals surface area contributed by atoms with Crippen LogP contribution >= 0.6 is 0 Å². The summed E-state index contributed by atoms with van der Waals surface area (Å²) < 4.78 is 14.6. The molecule has 0 amide bonds. The van der Waals surface area contributed by atoms with Crippen molar-refractivity contribution in [2.45, 2.75) is 41.5 Å². The van der Waals surface area contributed by atoms with E-state index < -0.39 is 53.0 Å². The number of rotatable bonds is 15. The first kappa shape index (κ1) is 32.5. The summed E-state index contributed by atoms with van der Waals surface area (Å²) in [6.07, 6.45) is 2.89. The molecule has 0 N–H and O–H groups in total. The lowest BCUT2D eigenvalue weighted by Crippen LogP contribution is -2.25. The first-order valence-corrected chi connectivity index (χ1v) is 11.8. The van der Waals surface area contributed by atoms with Crippen molar-refractivity contribution in [2.24, 2.45) is 32.7 Å². The molecule has 0 aliphatic carbocycles. The molecule has 15 nitrogen and oxygen atoms in total. The highest BCUT2D eigenvalue weighted by Gasteiger charge is 2.25. The zero-order chi connectivity index (χ0) is 29.5. The van der Waals surface area contributed by atoms with Crippen LogP contribution in [0.3, 0.4) is 0 Å². The number of Topliss-reactive ketones (excluding diaryl/α,β-unsaturated/α-hetero) is 3. The first-order valence-electron chi connectivity index (χ1n) is 11.8. The molecule has 0 spiro atoms. The maximum absolute atomic E-state index is 12.1. The Morgan fingerprint density at radius 2 is 0.795 bits per heavy atom. The van der Waals surface area contributed by atoms with Gasteiger partial charge in [-0.1, -0.05) is 0 Å². The molecule has 1 aromatic heterocycles. The van der Waals surface area contributed by atoms with Gasteiger partial charge in [-0.15, -0.1) is 0 Å². The predicted octanol–water partition coefficient (Wildman–Crippen LogP) is 1.28. The number of ketones is 3. The summed E-state index contributed by atoms with van der Waals surface area (Å²) in [4.78, 5) is 95.5. The third kappa shape index (κ3) is 10.8. The highest BCUT2D eigenvalue weighted by Crippen LogP contribution is 2.17. The van der Waals surface area contributed by atoms with Gasteiger partial charge in [-0.25, -0.2) is 15.0 Å². The van der Waals surface area contributed by atoms with Crippen molar-refractivity contribution < 1.29 is 43.0 Å². The van der Waals surface area contributed by atoms with Gasteiger partial charge in [0.15, 0.2) is 17.8 Å². The molecule has 3 unspecified atom stereocenters. The molecular formula is C24H30N6O9. The van der Waals surface area contributed by atoms with Gasteiger partial charge >= 0.3 is 17.9 Å². The van der Waals surface area contributed by atoms with E-state index in [0.717, 1.165) is 18.6 Å². The van der Waals surface area contributed by atoms with E-state index in [2.05, 4.69) is 29.9 Å². The number of carbonyl (C=O) groups is 6. The minimum atomic E-state index is -1.35. The van der Waals surface area contributed by atoms with Crippen LogP contribution in [0.4, 0.5) is 17.8 Å². The van der Waals surface area contributed by atoms with E-state index in [4.69, 9.17) is 14.2 Å². The van der Waals surface area contributed by atoms with Crippen LogP contribution in [-0.2, 0) is 43.0 Å². The Balaban J connectivity index is 3.55. The molecule has 1 heterocycles. The van der Waals surface area contributed by atoms with Gasteiger partial charge in [-0.05, 0) is 41.5 Å². The Hall–Kier alpha value is -4.56. The SMILES string of the molecule is CCOC(=O)C(C=Nc1nc(N=CC(C(C)=O)C(=O)OCC)nc(N=CC(C(C)=O)C(=O)OCC)n1)C(C)=O. The summed E-state index contributed by atoms with van der Waals surface area (Å²) in [5.74, 6) is -9.33. The number of ether oxygens (including phenoxy) is 3. The fourth-order valence-corrected chi connectivity index (χ4v) is 2.63. The molecule has 39 heavy (non-hydrogen) atoms. The number of esters is 3. The van der Waals surface area contributed by atoms with Crippen LogP contribution in [0.2, 0.25) is 0 Å². The molecule has 0 aliphatic rings. The highest BCUT2D eigenvalue weighted by molar-refractivity contribution is 6.12. The summed E-state index contributed by atoms with van der Waals surface area (Å²) in [5.41, 5.74) is 0. The number of aliphatic imine (C=N–C) groups is 3. The van der Waals surface area contributed by atoms with Crippen molar-refractivity contribution in [3.8, 4) is 0 Å². The molecule has 0 saturated heterocycles. The highest BCUT2D eigenvalue weighted by atomic mass is 16.5. The van der Waals surface area contributed by atoms with E-state index in [1.54, 1.807) is 20.8 Å². The Morgan fingerprint density at radius 3 is 0.974 bits per heavy atom. The van der Waals surface area contributed by atoms with E-state index in [0.29, 0.717) is 0 Å². The third-order valence-corrected chi connectivity index (χ3v) is 4.55. The second-order valence-corrected chi connectivity index (χ2v) is 7.59. The van der Waals surface area contributed by atoms with Gasteiger partial charge in [0.25, 0.3) is 17.8 Å². The Kier molecular flexibility index (Phi) is 13.6. The van der Waals surface area contributed by atoms with Gasteiger partial charge in [-0.2, -0.15) is 15.0 Å². The normalized spacial score (nSPS) is 13.7. The van der Waals surface area contributed by atoms with Crippen molar-refractivity contribution in [1.82, 2.24) is 15.0 Å². The van der Waals surface area contributed by atoms with Crippen LogP contribution < -0.4 is 0 Å². The minimum Gasteiger partial charge on any atom is -0.465 e. The molecule has 0 saturated carbocycles. The van der Waals surface area contributed by atoms with Crippen LogP contribution in [-0.4, -0.2) is 88.7 Å². The minimum absolute atomic E-state index is 0.0372. The average molecular weight is 547 g/mol. The maximum Gasteiger partial charge on any atom is 0.321 e. The van der Waals surface area contributed by atoms with Gasteiger partial charge in [0, 0.05) is 18.6 Å². The molecule has 210 valence electrons. The summed E-state index contributed by atoms with van der Waals surface area (Å²) >= 11 is 0. The van der Waals surface area contributed by atoms with Gasteiger partial charge < -0.3 is 14.2 Å². The van der Waals surface area contributed by atoms with Crippen LogP contribution in [0.15, 0.2) is 15.0 Å². The third-order valence-electron chi connectivity index (χ3n) is 4.55. The van der Waals surface area contributed by atoms with Gasteiger partial charge in [0.2, 0.25) is 0 Å². The molecule has 0 aliphatic heterocycles. The van der Waals surface area contributed by atoms with E-state index in [1.165, 1.54) is 20.8 Å². The van der Waals surface area contributed by atoms with Crippen LogP contribution in [0, 0.1) is 17.8 Å². The standard InChI is InChI=1S/C24H30N6O9/c1-7-37-19(34)16(13(4)31)10-25-22-28-23(26-11-17(14(5)32)20(35)38-8-2)30-24(29-22)27-12-18(15(6)33)21(36)39-9-3/h10-12,16-18H,7-9H2,1-6H3. The summed E-state index contributed by atoms with van der Waals surface area (Å²) in [6, 6.07) is 0. The topological polar surface area (TPSA) is 206 Å². The lowest BCUT2D eigenvalue weighted by molar-refractivity contribution is -0.149. The van der Waals surface area contributed by atoms with Crippen molar-refractivity contribution >= 4 is 71.7 Å². The van der Waals surface area contributed by atoms with Crippen LogP contribution in [0.1, 0.15) is 41.5 Å². The van der Waals surface area contributed by atoms with Crippen LogP contribution in [0.25, 0.3) is 0 Å². The lowest BCUT2D eigenvalue weighted by atomic mass is 10.1. The number of carbonyl (C=O) groups excluding carboxylic acids is 6. The smallest absolute Gasteiger partial charge is 0.321 e. The molecular weight excluding hydrogens is 516 g/mol. The molecule has 1 aromatic rings. The molecule has 0 radical (unpaired) electrons. The van der Waals surface area contributed by atoms with Crippen molar-refractivity contribution in [3.63, 3.8) is 0 Å². The Labute approximate surface area is 224 Å². The number of hydrogen-bond donors (Lipinski definition) is 0. The maximum atomic E-state index is 12.1. The Bertz CT molecular complexity index is 1020. The van der Waals surface area contributed by atoms with E-state index in [-0.39, 0.29) is 37.7 Å². The fraction of sp³-hybridized carbons (Fsp3) is 0.500. The van der Waals surface area contributed by atoms with Crippen molar-refractivity contribution in [3.05, 3.63) is 0 Å². The van der Waals surface area contributed by atoms with E-state index >= 15 is 0 Å². The van der Waals surface area contributed by atoms with E-state index in [1.807, 2.05) is 0 Å². The number of aromatic nitrogens is 3. The fourth-order valence-electron chi connectivity index (χ4n) is 2.63. The molecule has 3 atom stereocenters. The zero-order valence-corrected chi connectivity index (χ0v) is 22.4. The van der Waals surface area contributed by atoms with Crippen molar-refractivity contribution in [2.75, 3.05) is 19.8 Å². The summed E-state index contributed by atoms with van der Waals surface area (Å²) in [5, 5.41) is 0. The zero-order valence-electron chi connectivity index (χ0n) is 22.4. The second-order valence-electron chi connectivity index (χ2n) is 7.59. The van der Waals surface area contributed by atoms with Gasteiger partial charge in [0.1, 0.15) is 17.3 Å². The lowest BCUT2D eigenvalue weighted by Gasteiger charge is -2.08. The Morgan fingerprint density at radius 1 is 0.564 bits per heavy atom. The summed E-state index contributed by atoms with van der Waals surface area (Å²) in [7, 11) is 0. The van der Waals surface area contributed by atoms with Crippen molar-refractivity contribution in [1.29, 1.82) is 0 Å². The molecule has 0 aromatic carbocycles. The summed E-state index contributed by atoms with van der Waals surface area (Å²) in [6.45, 7) is 8.33. The second kappa shape index (κ2) is 16.3. The molecule has 1 rings (SSSR count). The predicted molar refractivity (Wildman–Crippen MR) is 137 cm³/mol. The van der Waals surface area contributed by atoms with Gasteiger partial charge in [0.05, 0.1) is 19.8 Å². The monoisotopic (exact) mass is 546 g/mol.